The molecule has 2 atom stereocenters. The second kappa shape index (κ2) is 7.10. The molecule has 21 heavy (non-hydrogen) atoms. The molecule has 120 valence electrons. The van der Waals surface area contributed by atoms with E-state index in [9.17, 15) is 4.79 Å². The number of fused-ring (bicyclic) bond motifs is 1. The zero-order valence-electron chi connectivity index (χ0n) is 13.2. The van der Waals surface area contributed by atoms with Crippen molar-refractivity contribution < 1.29 is 14.3 Å². The Bertz CT molecular complexity index is 340. The molecule has 2 saturated carbocycles. The maximum absolute atomic E-state index is 11.6. The molecule has 0 spiro atoms. The summed E-state index contributed by atoms with van der Waals surface area (Å²) < 4.78 is 11.4. The lowest BCUT2D eigenvalue weighted by atomic mass is 9.99. The molecular weight excluding hydrogens is 266 g/mol. The van der Waals surface area contributed by atoms with Crippen LogP contribution >= 0.6 is 0 Å². The van der Waals surface area contributed by atoms with Crippen molar-refractivity contribution in [2.75, 3.05) is 19.7 Å². The standard InChI is InChI=1S/C17H29NO3/c1-2-20-17(19)9-12-7-13-10-16(11-14(13)8-12)21-15-3-5-18-6-4-15/h12-16,18H,2-11H2,1H3. The van der Waals surface area contributed by atoms with Gasteiger partial charge < -0.3 is 14.8 Å². The van der Waals surface area contributed by atoms with Gasteiger partial charge in [-0.25, -0.2) is 0 Å². The van der Waals surface area contributed by atoms with Crippen LogP contribution in [0.2, 0.25) is 0 Å². The number of nitrogens with one attached hydrogen (secondary N) is 1. The fraction of sp³-hybridized carbons (Fsp3) is 0.941. The minimum atomic E-state index is -0.00928. The van der Waals surface area contributed by atoms with E-state index in [0.717, 1.165) is 37.8 Å². The van der Waals surface area contributed by atoms with Crippen LogP contribution in [-0.4, -0.2) is 37.9 Å². The van der Waals surface area contributed by atoms with E-state index in [4.69, 9.17) is 9.47 Å². The molecule has 1 aliphatic heterocycles. The summed E-state index contributed by atoms with van der Waals surface area (Å²) in [5.74, 6) is 2.12. The van der Waals surface area contributed by atoms with E-state index in [0.29, 0.717) is 31.2 Å². The van der Waals surface area contributed by atoms with Crippen molar-refractivity contribution in [3.63, 3.8) is 0 Å². The molecule has 0 aromatic rings. The number of piperidine rings is 1. The summed E-state index contributed by atoms with van der Waals surface area (Å²) in [6.45, 7) is 4.59. The smallest absolute Gasteiger partial charge is 0.306 e. The number of esters is 1. The molecular formula is C17H29NO3. The summed E-state index contributed by atoms with van der Waals surface area (Å²) in [4.78, 5) is 11.6. The van der Waals surface area contributed by atoms with Gasteiger partial charge in [0.05, 0.1) is 18.8 Å². The fourth-order valence-electron chi connectivity index (χ4n) is 4.62. The zero-order chi connectivity index (χ0) is 14.7. The lowest BCUT2D eigenvalue weighted by molar-refractivity contribution is -0.144. The molecule has 4 nitrogen and oxygen atoms in total. The van der Waals surface area contributed by atoms with E-state index in [2.05, 4.69) is 5.32 Å². The Hall–Kier alpha value is -0.610. The van der Waals surface area contributed by atoms with Gasteiger partial charge in [0.1, 0.15) is 0 Å². The Kier molecular flexibility index (Phi) is 5.17. The predicted octanol–water partition coefficient (Wildman–Crippen LogP) is 2.51. The quantitative estimate of drug-likeness (QED) is 0.792. The van der Waals surface area contributed by atoms with Gasteiger partial charge in [0.2, 0.25) is 0 Å². The lowest BCUT2D eigenvalue weighted by Gasteiger charge is -2.26. The molecule has 1 N–H and O–H groups in total. The first-order valence-electron chi connectivity index (χ1n) is 8.76. The van der Waals surface area contributed by atoms with Crippen LogP contribution in [0, 0.1) is 17.8 Å². The first-order valence-corrected chi connectivity index (χ1v) is 8.76. The summed E-state index contributed by atoms with van der Waals surface area (Å²) in [5, 5.41) is 3.39. The molecule has 1 saturated heterocycles. The van der Waals surface area contributed by atoms with E-state index in [1.165, 1.54) is 25.7 Å². The summed E-state index contributed by atoms with van der Waals surface area (Å²) in [5.41, 5.74) is 0. The summed E-state index contributed by atoms with van der Waals surface area (Å²) in [6.07, 6.45) is 8.75. The predicted molar refractivity (Wildman–Crippen MR) is 81.0 cm³/mol. The van der Waals surface area contributed by atoms with Crippen molar-refractivity contribution in [3.8, 4) is 0 Å². The lowest BCUT2D eigenvalue weighted by Crippen LogP contribution is -2.34. The molecule has 2 aliphatic carbocycles. The van der Waals surface area contributed by atoms with Crippen LogP contribution in [-0.2, 0) is 14.3 Å². The van der Waals surface area contributed by atoms with Crippen LogP contribution in [0.4, 0.5) is 0 Å². The average molecular weight is 295 g/mol. The Morgan fingerprint density at radius 3 is 2.33 bits per heavy atom. The van der Waals surface area contributed by atoms with Gasteiger partial charge in [-0.15, -0.1) is 0 Å². The molecule has 0 amide bonds. The molecule has 0 bridgehead atoms. The van der Waals surface area contributed by atoms with Crippen LogP contribution in [0.15, 0.2) is 0 Å². The second-order valence-corrected chi connectivity index (χ2v) is 7.05. The Balaban J connectivity index is 1.40. The summed E-state index contributed by atoms with van der Waals surface area (Å²) >= 11 is 0. The minimum Gasteiger partial charge on any atom is -0.466 e. The molecule has 2 unspecified atom stereocenters. The first-order chi connectivity index (χ1) is 10.2. The van der Waals surface area contributed by atoms with Crippen molar-refractivity contribution in [3.05, 3.63) is 0 Å². The molecule has 0 aromatic carbocycles. The van der Waals surface area contributed by atoms with Gasteiger partial charge in [0.25, 0.3) is 0 Å². The molecule has 3 aliphatic rings. The maximum atomic E-state index is 11.6. The number of hydrogen-bond acceptors (Lipinski definition) is 4. The van der Waals surface area contributed by atoms with Crippen molar-refractivity contribution in [2.45, 2.75) is 64.1 Å². The van der Waals surface area contributed by atoms with Gasteiger partial charge in [-0.2, -0.15) is 0 Å². The monoisotopic (exact) mass is 295 g/mol. The van der Waals surface area contributed by atoms with Crippen LogP contribution in [0.25, 0.3) is 0 Å². The van der Waals surface area contributed by atoms with E-state index < -0.39 is 0 Å². The van der Waals surface area contributed by atoms with E-state index in [1.54, 1.807) is 0 Å². The average Bonchev–Trinajstić information content (AvgIpc) is 2.97. The second-order valence-electron chi connectivity index (χ2n) is 7.05. The van der Waals surface area contributed by atoms with Crippen molar-refractivity contribution in [1.82, 2.24) is 5.32 Å². The van der Waals surface area contributed by atoms with E-state index in [1.807, 2.05) is 6.92 Å². The molecule has 4 heteroatoms. The van der Waals surface area contributed by atoms with E-state index in [-0.39, 0.29) is 5.97 Å². The topological polar surface area (TPSA) is 47.6 Å². The van der Waals surface area contributed by atoms with Crippen LogP contribution < -0.4 is 5.32 Å². The number of ether oxygens (including phenoxy) is 2. The van der Waals surface area contributed by atoms with Gasteiger partial charge >= 0.3 is 5.97 Å². The third kappa shape index (κ3) is 3.98. The van der Waals surface area contributed by atoms with Crippen molar-refractivity contribution in [2.24, 2.45) is 17.8 Å². The Morgan fingerprint density at radius 1 is 1.05 bits per heavy atom. The highest BCUT2D eigenvalue weighted by atomic mass is 16.5. The van der Waals surface area contributed by atoms with Crippen LogP contribution in [0.1, 0.15) is 51.9 Å². The number of carbonyl (C=O) groups is 1. The molecule has 3 rings (SSSR count). The summed E-state index contributed by atoms with van der Waals surface area (Å²) in [7, 11) is 0. The third-order valence-electron chi connectivity index (χ3n) is 5.50. The number of rotatable bonds is 5. The van der Waals surface area contributed by atoms with Crippen LogP contribution in [0.3, 0.4) is 0 Å². The summed E-state index contributed by atoms with van der Waals surface area (Å²) in [6, 6.07) is 0. The fourth-order valence-corrected chi connectivity index (χ4v) is 4.62. The third-order valence-corrected chi connectivity index (χ3v) is 5.50. The zero-order valence-corrected chi connectivity index (χ0v) is 13.2. The Labute approximate surface area is 127 Å². The van der Waals surface area contributed by atoms with Crippen molar-refractivity contribution in [1.29, 1.82) is 0 Å². The highest BCUT2D eigenvalue weighted by molar-refractivity contribution is 5.69. The van der Waals surface area contributed by atoms with Gasteiger partial charge in [0, 0.05) is 6.42 Å². The highest BCUT2D eigenvalue weighted by Gasteiger charge is 2.43. The van der Waals surface area contributed by atoms with Gasteiger partial charge in [-0.3, -0.25) is 4.79 Å². The van der Waals surface area contributed by atoms with Gasteiger partial charge in [-0.05, 0) is 76.3 Å². The maximum Gasteiger partial charge on any atom is 0.306 e. The Morgan fingerprint density at radius 2 is 1.71 bits per heavy atom. The number of carbonyl (C=O) groups excluding carboxylic acids is 1. The SMILES string of the molecule is CCOC(=O)CC1CC2CC(OC3CCNCC3)CC2C1. The molecule has 0 radical (unpaired) electrons. The number of hydrogen-bond donors (Lipinski definition) is 1. The van der Waals surface area contributed by atoms with Crippen LogP contribution in [0.5, 0.6) is 0 Å². The minimum absolute atomic E-state index is 0.00928. The normalized spacial score (nSPS) is 36.6. The van der Waals surface area contributed by atoms with Gasteiger partial charge in [0.15, 0.2) is 0 Å². The van der Waals surface area contributed by atoms with Gasteiger partial charge in [-0.1, -0.05) is 0 Å². The van der Waals surface area contributed by atoms with Crippen molar-refractivity contribution >= 4 is 5.97 Å². The molecule has 0 aromatic heterocycles. The first kappa shape index (κ1) is 15.3. The van der Waals surface area contributed by atoms with E-state index >= 15 is 0 Å². The molecule has 3 fully saturated rings. The molecule has 1 heterocycles. The largest absolute Gasteiger partial charge is 0.466 e. The highest BCUT2D eigenvalue weighted by Crippen LogP contribution is 2.49.